The van der Waals surface area contributed by atoms with Crippen LogP contribution in [0.4, 0.5) is 23.0 Å². The SMILES string of the molecule is CCOc1ccc(Nc2cc(Nc3cccc(C)c3C)nc(C)n2)cc1. The molecule has 0 aliphatic heterocycles. The van der Waals surface area contributed by atoms with E-state index in [1.54, 1.807) is 0 Å². The lowest BCUT2D eigenvalue weighted by atomic mass is 10.1. The standard InChI is InChI=1S/C21H24N4O/c1-5-26-18-11-9-17(10-12-18)24-20-13-21(23-16(4)22-20)25-19-8-6-7-14(2)15(19)3/h6-13H,5H2,1-4H3,(H2,22,23,24,25). The highest BCUT2D eigenvalue weighted by Gasteiger charge is 2.06. The van der Waals surface area contributed by atoms with E-state index in [2.05, 4.69) is 46.6 Å². The predicted molar refractivity (Wildman–Crippen MR) is 107 cm³/mol. The van der Waals surface area contributed by atoms with E-state index in [9.17, 15) is 0 Å². The number of nitrogens with one attached hydrogen (secondary N) is 2. The molecular formula is C21H24N4O. The second-order valence-corrected chi connectivity index (χ2v) is 6.14. The highest BCUT2D eigenvalue weighted by molar-refractivity contribution is 5.66. The summed E-state index contributed by atoms with van der Waals surface area (Å²) in [5, 5.41) is 6.71. The van der Waals surface area contributed by atoms with Crippen LogP contribution in [0.3, 0.4) is 0 Å². The predicted octanol–water partition coefficient (Wildman–Crippen LogP) is 5.29. The van der Waals surface area contributed by atoms with Crippen molar-refractivity contribution in [3.05, 3.63) is 65.5 Å². The maximum absolute atomic E-state index is 5.47. The van der Waals surface area contributed by atoms with E-state index in [0.29, 0.717) is 12.4 Å². The molecule has 0 aliphatic rings. The van der Waals surface area contributed by atoms with Crippen LogP contribution < -0.4 is 15.4 Å². The first-order valence-corrected chi connectivity index (χ1v) is 8.74. The minimum absolute atomic E-state index is 0.658. The Bertz CT molecular complexity index is 891. The summed E-state index contributed by atoms with van der Waals surface area (Å²) >= 11 is 0. The lowest BCUT2D eigenvalue weighted by Crippen LogP contribution is -2.02. The van der Waals surface area contributed by atoms with Gasteiger partial charge in [0.25, 0.3) is 0 Å². The van der Waals surface area contributed by atoms with Crippen LogP contribution in [0.1, 0.15) is 23.9 Å². The molecule has 2 N–H and O–H groups in total. The van der Waals surface area contributed by atoms with E-state index < -0.39 is 0 Å². The summed E-state index contributed by atoms with van der Waals surface area (Å²) in [6.45, 7) is 8.72. The zero-order chi connectivity index (χ0) is 18.5. The fourth-order valence-electron chi connectivity index (χ4n) is 2.67. The number of nitrogens with zero attached hydrogens (tertiary/aromatic N) is 2. The molecule has 0 aliphatic carbocycles. The van der Waals surface area contributed by atoms with Gasteiger partial charge in [-0.05, 0) is 69.2 Å². The largest absolute Gasteiger partial charge is 0.494 e. The number of hydrogen-bond donors (Lipinski definition) is 2. The van der Waals surface area contributed by atoms with Crippen LogP contribution in [-0.4, -0.2) is 16.6 Å². The fourth-order valence-corrected chi connectivity index (χ4v) is 2.67. The molecule has 0 bridgehead atoms. The maximum Gasteiger partial charge on any atom is 0.136 e. The van der Waals surface area contributed by atoms with Crippen molar-refractivity contribution in [2.45, 2.75) is 27.7 Å². The molecule has 3 aromatic rings. The molecule has 0 amide bonds. The quantitative estimate of drug-likeness (QED) is 0.634. The Morgan fingerprint density at radius 3 is 2.27 bits per heavy atom. The van der Waals surface area contributed by atoms with E-state index in [4.69, 9.17) is 4.74 Å². The van der Waals surface area contributed by atoms with Gasteiger partial charge in [-0.3, -0.25) is 0 Å². The van der Waals surface area contributed by atoms with E-state index in [1.807, 2.05) is 50.2 Å². The van der Waals surface area contributed by atoms with Crippen molar-refractivity contribution in [3.63, 3.8) is 0 Å². The van der Waals surface area contributed by atoms with E-state index in [1.165, 1.54) is 11.1 Å². The van der Waals surface area contributed by atoms with Gasteiger partial charge in [0.15, 0.2) is 0 Å². The van der Waals surface area contributed by atoms with Gasteiger partial charge in [-0.2, -0.15) is 0 Å². The molecule has 5 heteroatoms. The maximum atomic E-state index is 5.47. The monoisotopic (exact) mass is 348 g/mol. The molecule has 134 valence electrons. The van der Waals surface area contributed by atoms with Crippen LogP contribution in [-0.2, 0) is 0 Å². The van der Waals surface area contributed by atoms with Crippen LogP contribution in [0.2, 0.25) is 0 Å². The molecule has 0 fully saturated rings. The Morgan fingerprint density at radius 1 is 0.885 bits per heavy atom. The number of aromatic nitrogens is 2. The van der Waals surface area contributed by atoms with Crippen molar-refractivity contribution in [2.24, 2.45) is 0 Å². The number of rotatable bonds is 6. The Kier molecular flexibility index (Phi) is 5.37. The molecule has 1 heterocycles. The van der Waals surface area contributed by atoms with Crippen LogP contribution in [0, 0.1) is 20.8 Å². The molecule has 5 nitrogen and oxygen atoms in total. The van der Waals surface area contributed by atoms with Crippen molar-refractivity contribution in [2.75, 3.05) is 17.2 Å². The van der Waals surface area contributed by atoms with Crippen molar-refractivity contribution < 1.29 is 4.74 Å². The first-order valence-electron chi connectivity index (χ1n) is 8.74. The van der Waals surface area contributed by atoms with Gasteiger partial charge in [0, 0.05) is 17.4 Å². The van der Waals surface area contributed by atoms with Gasteiger partial charge in [0.2, 0.25) is 0 Å². The van der Waals surface area contributed by atoms with Crippen molar-refractivity contribution in [1.29, 1.82) is 0 Å². The second kappa shape index (κ2) is 7.87. The normalized spacial score (nSPS) is 10.5. The Labute approximate surface area is 154 Å². The van der Waals surface area contributed by atoms with E-state index >= 15 is 0 Å². The molecule has 2 aromatic carbocycles. The summed E-state index contributed by atoms with van der Waals surface area (Å²) in [6.07, 6.45) is 0. The number of aryl methyl sites for hydroxylation is 2. The zero-order valence-corrected chi connectivity index (χ0v) is 15.6. The van der Waals surface area contributed by atoms with Crippen molar-refractivity contribution in [3.8, 4) is 5.75 Å². The summed E-state index contributed by atoms with van der Waals surface area (Å²) < 4.78 is 5.47. The van der Waals surface area contributed by atoms with Gasteiger partial charge in [-0.25, -0.2) is 9.97 Å². The number of hydrogen-bond acceptors (Lipinski definition) is 5. The van der Waals surface area contributed by atoms with Crippen LogP contribution in [0.15, 0.2) is 48.5 Å². The third-order valence-electron chi connectivity index (χ3n) is 4.14. The zero-order valence-electron chi connectivity index (χ0n) is 15.6. The van der Waals surface area contributed by atoms with Gasteiger partial charge in [0.1, 0.15) is 23.2 Å². The third kappa shape index (κ3) is 4.30. The van der Waals surface area contributed by atoms with Crippen LogP contribution in [0.5, 0.6) is 5.75 Å². The van der Waals surface area contributed by atoms with Crippen LogP contribution in [0.25, 0.3) is 0 Å². The Hall–Kier alpha value is -3.08. The summed E-state index contributed by atoms with van der Waals surface area (Å²) in [6, 6.07) is 15.9. The minimum Gasteiger partial charge on any atom is -0.494 e. The molecular weight excluding hydrogens is 324 g/mol. The molecule has 0 spiro atoms. The molecule has 0 atom stereocenters. The van der Waals surface area contributed by atoms with Gasteiger partial charge < -0.3 is 15.4 Å². The number of benzene rings is 2. The average Bonchev–Trinajstić information content (AvgIpc) is 2.60. The first kappa shape index (κ1) is 17.7. The Balaban J connectivity index is 1.80. The van der Waals surface area contributed by atoms with Gasteiger partial charge in [0.05, 0.1) is 6.61 Å². The van der Waals surface area contributed by atoms with Gasteiger partial charge in [-0.15, -0.1) is 0 Å². The van der Waals surface area contributed by atoms with Gasteiger partial charge >= 0.3 is 0 Å². The number of anilines is 4. The summed E-state index contributed by atoms with van der Waals surface area (Å²) in [7, 11) is 0. The molecule has 1 aromatic heterocycles. The van der Waals surface area contributed by atoms with Gasteiger partial charge in [-0.1, -0.05) is 12.1 Å². The Morgan fingerprint density at radius 2 is 1.58 bits per heavy atom. The van der Waals surface area contributed by atoms with E-state index in [0.717, 1.165) is 28.8 Å². The summed E-state index contributed by atoms with van der Waals surface area (Å²) in [4.78, 5) is 8.97. The average molecular weight is 348 g/mol. The van der Waals surface area contributed by atoms with Crippen molar-refractivity contribution in [1.82, 2.24) is 9.97 Å². The fraction of sp³-hybridized carbons (Fsp3) is 0.238. The summed E-state index contributed by atoms with van der Waals surface area (Å²) in [5.41, 5.74) is 4.46. The molecule has 0 saturated carbocycles. The minimum atomic E-state index is 0.658. The van der Waals surface area contributed by atoms with Crippen LogP contribution >= 0.6 is 0 Å². The lowest BCUT2D eigenvalue weighted by Gasteiger charge is -2.13. The molecule has 0 radical (unpaired) electrons. The molecule has 3 rings (SSSR count). The third-order valence-corrected chi connectivity index (χ3v) is 4.14. The second-order valence-electron chi connectivity index (χ2n) is 6.14. The molecule has 26 heavy (non-hydrogen) atoms. The lowest BCUT2D eigenvalue weighted by molar-refractivity contribution is 0.340. The highest BCUT2D eigenvalue weighted by atomic mass is 16.5. The van der Waals surface area contributed by atoms with E-state index in [-0.39, 0.29) is 0 Å². The first-order chi connectivity index (χ1) is 12.5. The number of ether oxygens (including phenoxy) is 1. The molecule has 0 saturated heterocycles. The van der Waals surface area contributed by atoms with Crippen molar-refractivity contribution >= 4 is 23.0 Å². The smallest absolute Gasteiger partial charge is 0.136 e. The highest BCUT2D eigenvalue weighted by Crippen LogP contribution is 2.24. The summed E-state index contributed by atoms with van der Waals surface area (Å²) in [5.74, 6) is 3.07. The molecule has 0 unspecified atom stereocenters. The topological polar surface area (TPSA) is 59.1 Å².